The van der Waals surface area contributed by atoms with Crippen LogP contribution in [-0.4, -0.2) is 53.3 Å². The summed E-state index contributed by atoms with van der Waals surface area (Å²) in [7, 11) is 0. The number of halogens is 1. The molecule has 0 spiro atoms. The third kappa shape index (κ3) is 3.60. The second-order valence-corrected chi connectivity index (χ2v) is 7.14. The minimum atomic E-state index is -0.219. The molecule has 1 aliphatic carbocycles. The van der Waals surface area contributed by atoms with Crippen LogP contribution < -0.4 is 5.32 Å². The SMILES string of the molecule is Cc1cc2c(NC3CCC(N4CCOCC4)CC3)ncnc2cc1F. The van der Waals surface area contributed by atoms with Gasteiger partial charge in [-0.2, -0.15) is 0 Å². The molecule has 0 radical (unpaired) electrons. The van der Waals surface area contributed by atoms with Crippen LogP contribution in [-0.2, 0) is 4.74 Å². The monoisotopic (exact) mass is 344 g/mol. The van der Waals surface area contributed by atoms with Crippen LogP contribution in [0.5, 0.6) is 0 Å². The van der Waals surface area contributed by atoms with E-state index in [9.17, 15) is 4.39 Å². The lowest BCUT2D eigenvalue weighted by Gasteiger charge is -2.39. The van der Waals surface area contributed by atoms with Gasteiger partial charge in [0.15, 0.2) is 0 Å². The number of rotatable bonds is 3. The van der Waals surface area contributed by atoms with E-state index in [-0.39, 0.29) is 5.82 Å². The van der Waals surface area contributed by atoms with E-state index in [0.717, 1.165) is 50.3 Å². The maximum atomic E-state index is 13.8. The van der Waals surface area contributed by atoms with Crippen molar-refractivity contribution in [2.24, 2.45) is 0 Å². The van der Waals surface area contributed by atoms with Gasteiger partial charge in [-0.05, 0) is 44.2 Å². The molecule has 0 amide bonds. The second kappa shape index (κ2) is 7.22. The first-order chi connectivity index (χ1) is 12.2. The maximum Gasteiger partial charge on any atom is 0.137 e. The number of ether oxygens (including phenoxy) is 1. The van der Waals surface area contributed by atoms with Crippen molar-refractivity contribution < 1.29 is 9.13 Å². The Labute approximate surface area is 147 Å². The quantitative estimate of drug-likeness (QED) is 0.927. The summed E-state index contributed by atoms with van der Waals surface area (Å²) in [6, 6.07) is 4.43. The number of hydrogen-bond donors (Lipinski definition) is 1. The minimum absolute atomic E-state index is 0.219. The fourth-order valence-electron chi connectivity index (χ4n) is 4.02. The van der Waals surface area contributed by atoms with Gasteiger partial charge in [0.2, 0.25) is 0 Å². The van der Waals surface area contributed by atoms with Crippen LogP contribution in [0.15, 0.2) is 18.5 Å². The lowest BCUT2D eigenvalue weighted by molar-refractivity contribution is 0.00791. The van der Waals surface area contributed by atoms with E-state index in [0.29, 0.717) is 23.2 Å². The standard InChI is InChI=1S/C19H25FN4O/c1-13-10-16-18(11-17(13)20)21-12-22-19(16)23-14-2-4-15(5-3-14)24-6-8-25-9-7-24/h10-12,14-15H,2-9H2,1H3,(H,21,22,23). The van der Waals surface area contributed by atoms with Crippen LogP contribution in [0.25, 0.3) is 10.9 Å². The van der Waals surface area contributed by atoms with Gasteiger partial charge >= 0.3 is 0 Å². The molecule has 0 bridgehead atoms. The van der Waals surface area contributed by atoms with Crippen molar-refractivity contribution in [2.75, 3.05) is 31.6 Å². The molecule has 25 heavy (non-hydrogen) atoms. The predicted octanol–water partition coefficient (Wildman–Crippen LogP) is 3.13. The van der Waals surface area contributed by atoms with E-state index >= 15 is 0 Å². The van der Waals surface area contributed by atoms with Gasteiger partial charge < -0.3 is 10.1 Å². The highest BCUT2D eigenvalue weighted by Crippen LogP contribution is 2.28. The van der Waals surface area contributed by atoms with E-state index in [1.54, 1.807) is 6.92 Å². The van der Waals surface area contributed by atoms with Gasteiger partial charge in [-0.3, -0.25) is 4.90 Å². The van der Waals surface area contributed by atoms with Gasteiger partial charge in [0.25, 0.3) is 0 Å². The molecule has 1 N–H and O–H groups in total. The molecule has 2 aliphatic rings. The Hall–Kier alpha value is -1.79. The number of benzene rings is 1. The minimum Gasteiger partial charge on any atom is -0.379 e. The molecule has 2 fully saturated rings. The van der Waals surface area contributed by atoms with Gasteiger partial charge in [-0.25, -0.2) is 14.4 Å². The van der Waals surface area contributed by atoms with Gasteiger partial charge in [0.05, 0.1) is 18.7 Å². The smallest absolute Gasteiger partial charge is 0.137 e. The third-order valence-corrected chi connectivity index (χ3v) is 5.52. The predicted molar refractivity (Wildman–Crippen MR) is 96.3 cm³/mol. The first-order valence-corrected chi connectivity index (χ1v) is 9.20. The summed E-state index contributed by atoms with van der Waals surface area (Å²) in [4.78, 5) is 11.2. The summed E-state index contributed by atoms with van der Waals surface area (Å²) in [6.07, 6.45) is 6.18. The molecule has 1 aromatic carbocycles. The summed E-state index contributed by atoms with van der Waals surface area (Å²) < 4.78 is 19.2. The summed E-state index contributed by atoms with van der Waals surface area (Å²) >= 11 is 0. The number of nitrogens with one attached hydrogen (secondary N) is 1. The van der Waals surface area contributed by atoms with Crippen LogP contribution in [0.1, 0.15) is 31.2 Å². The zero-order valence-electron chi connectivity index (χ0n) is 14.7. The van der Waals surface area contributed by atoms with Gasteiger partial charge in [-0.15, -0.1) is 0 Å². The summed E-state index contributed by atoms with van der Waals surface area (Å²) in [5.41, 5.74) is 1.28. The van der Waals surface area contributed by atoms with Gasteiger partial charge in [-0.1, -0.05) is 0 Å². The highest BCUT2D eigenvalue weighted by Gasteiger charge is 2.27. The van der Waals surface area contributed by atoms with Crippen molar-refractivity contribution in [1.82, 2.24) is 14.9 Å². The fraction of sp³-hybridized carbons (Fsp3) is 0.579. The van der Waals surface area contributed by atoms with Crippen molar-refractivity contribution in [1.29, 1.82) is 0 Å². The molecule has 0 unspecified atom stereocenters. The average molecular weight is 344 g/mol. The molecule has 2 aromatic rings. The summed E-state index contributed by atoms with van der Waals surface area (Å²) in [5.74, 6) is 0.603. The maximum absolute atomic E-state index is 13.8. The molecule has 1 aliphatic heterocycles. The molecule has 6 heteroatoms. The van der Waals surface area contributed by atoms with Crippen LogP contribution in [0.4, 0.5) is 10.2 Å². The molecule has 5 nitrogen and oxygen atoms in total. The first-order valence-electron chi connectivity index (χ1n) is 9.20. The number of fused-ring (bicyclic) bond motifs is 1. The molecule has 2 heterocycles. The van der Waals surface area contributed by atoms with Crippen molar-refractivity contribution in [3.63, 3.8) is 0 Å². The Bertz CT molecular complexity index is 740. The van der Waals surface area contributed by atoms with E-state index in [4.69, 9.17) is 4.74 Å². The number of morpholine rings is 1. The number of nitrogens with zero attached hydrogens (tertiary/aromatic N) is 3. The Morgan fingerprint density at radius 1 is 1.12 bits per heavy atom. The Morgan fingerprint density at radius 3 is 2.64 bits per heavy atom. The van der Waals surface area contributed by atoms with E-state index in [2.05, 4.69) is 20.2 Å². The number of aryl methyl sites for hydroxylation is 1. The molecule has 4 rings (SSSR count). The largest absolute Gasteiger partial charge is 0.379 e. The van der Waals surface area contributed by atoms with Crippen molar-refractivity contribution in [3.05, 3.63) is 29.8 Å². The lowest BCUT2D eigenvalue weighted by atomic mass is 9.90. The Balaban J connectivity index is 1.43. The third-order valence-electron chi connectivity index (χ3n) is 5.52. The van der Waals surface area contributed by atoms with Crippen LogP contribution in [0, 0.1) is 12.7 Å². The molecule has 1 saturated heterocycles. The van der Waals surface area contributed by atoms with Crippen LogP contribution in [0.3, 0.4) is 0 Å². The number of hydrogen-bond acceptors (Lipinski definition) is 5. The van der Waals surface area contributed by atoms with Crippen LogP contribution >= 0.6 is 0 Å². The highest BCUT2D eigenvalue weighted by molar-refractivity contribution is 5.89. The summed E-state index contributed by atoms with van der Waals surface area (Å²) in [5, 5.41) is 4.48. The zero-order chi connectivity index (χ0) is 17.2. The second-order valence-electron chi connectivity index (χ2n) is 7.14. The normalized spacial score (nSPS) is 25.2. The fourth-order valence-corrected chi connectivity index (χ4v) is 4.02. The molecule has 134 valence electrons. The molecular weight excluding hydrogens is 319 g/mol. The highest BCUT2D eigenvalue weighted by atomic mass is 19.1. The molecule has 0 atom stereocenters. The van der Waals surface area contributed by atoms with Gasteiger partial charge in [0, 0.05) is 36.6 Å². The zero-order valence-corrected chi connectivity index (χ0v) is 14.7. The molecule has 1 saturated carbocycles. The van der Waals surface area contributed by atoms with Crippen molar-refractivity contribution in [3.8, 4) is 0 Å². The van der Waals surface area contributed by atoms with Crippen molar-refractivity contribution in [2.45, 2.75) is 44.7 Å². The first kappa shape index (κ1) is 16.7. The molecular formula is C19H25FN4O. The van der Waals surface area contributed by atoms with E-state index in [1.165, 1.54) is 25.2 Å². The van der Waals surface area contributed by atoms with E-state index < -0.39 is 0 Å². The summed E-state index contributed by atoms with van der Waals surface area (Å²) in [6.45, 7) is 5.62. The topological polar surface area (TPSA) is 50.3 Å². The van der Waals surface area contributed by atoms with Crippen molar-refractivity contribution >= 4 is 16.7 Å². The Morgan fingerprint density at radius 2 is 1.88 bits per heavy atom. The van der Waals surface area contributed by atoms with E-state index in [1.807, 2.05) is 6.07 Å². The lowest BCUT2D eigenvalue weighted by Crippen LogP contribution is -2.46. The number of anilines is 1. The van der Waals surface area contributed by atoms with Crippen LogP contribution in [0.2, 0.25) is 0 Å². The number of aromatic nitrogens is 2. The van der Waals surface area contributed by atoms with Gasteiger partial charge in [0.1, 0.15) is 18.0 Å². The molecule has 1 aromatic heterocycles. The average Bonchev–Trinajstić information content (AvgIpc) is 2.65. The Kier molecular flexibility index (Phi) is 4.81.